The average Bonchev–Trinajstić information content (AvgIpc) is 1.95. The fraction of sp³-hybridized carbons (Fsp3) is 0. The molecule has 0 aliphatic carbocycles. The van der Waals surface area contributed by atoms with Crippen molar-refractivity contribution in [1.29, 1.82) is 5.26 Å². The molecule has 0 saturated carbocycles. The van der Waals surface area contributed by atoms with E-state index in [1.54, 1.807) is 12.1 Å². The van der Waals surface area contributed by atoms with Gasteiger partial charge in [-0.15, -0.1) is 0 Å². The minimum atomic E-state index is 0.0686. The SMILES string of the molecule is [CH2]c1ccc(C#N)cc1O. The summed E-state index contributed by atoms with van der Waals surface area (Å²) >= 11 is 0. The first-order chi connectivity index (χ1) is 4.74. The van der Waals surface area contributed by atoms with Gasteiger partial charge in [0.05, 0.1) is 11.6 Å². The molecule has 2 nitrogen and oxygen atoms in total. The minimum Gasteiger partial charge on any atom is -0.508 e. The molecular weight excluding hydrogens is 126 g/mol. The normalized spacial score (nSPS) is 8.80. The van der Waals surface area contributed by atoms with Gasteiger partial charge in [-0.2, -0.15) is 5.26 Å². The van der Waals surface area contributed by atoms with E-state index in [4.69, 9.17) is 10.4 Å². The van der Waals surface area contributed by atoms with Crippen LogP contribution in [0.15, 0.2) is 18.2 Å². The monoisotopic (exact) mass is 132 g/mol. The summed E-state index contributed by atoms with van der Waals surface area (Å²) in [6.07, 6.45) is 0. The van der Waals surface area contributed by atoms with Gasteiger partial charge < -0.3 is 5.11 Å². The van der Waals surface area contributed by atoms with E-state index < -0.39 is 0 Å². The van der Waals surface area contributed by atoms with Gasteiger partial charge in [-0.3, -0.25) is 0 Å². The number of benzene rings is 1. The maximum absolute atomic E-state index is 9.02. The molecule has 0 fully saturated rings. The van der Waals surface area contributed by atoms with Crippen molar-refractivity contribution in [2.45, 2.75) is 0 Å². The largest absolute Gasteiger partial charge is 0.508 e. The molecule has 0 unspecified atom stereocenters. The zero-order chi connectivity index (χ0) is 7.56. The molecule has 0 heterocycles. The Morgan fingerprint density at radius 3 is 2.70 bits per heavy atom. The van der Waals surface area contributed by atoms with Crippen LogP contribution in [-0.2, 0) is 0 Å². The molecule has 1 aromatic rings. The van der Waals surface area contributed by atoms with Crippen LogP contribution in [0.1, 0.15) is 11.1 Å². The third-order valence-corrected chi connectivity index (χ3v) is 1.21. The predicted molar refractivity (Wildman–Crippen MR) is 37.3 cm³/mol. The zero-order valence-corrected chi connectivity index (χ0v) is 5.33. The molecule has 2 heteroatoms. The van der Waals surface area contributed by atoms with Crippen LogP contribution in [0, 0.1) is 18.3 Å². The Morgan fingerprint density at radius 1 is 1.50 bits per heavy atom. The first-order valence-corrected chi connectivity index (χ1v) is 2.79. The van der Waals surface area contributed by atoms with Crippen LogP contribution in [0.3, 0.4) is 0 Å². The summed E-state index contributed by atoms with van der Waals surface area (Å²) in [4.78, 5) is 0. The van der Waals surface area contributed by atoms with Crippen molar-refractivity contribution in [1.82, 2.24) is 0 Å². The number of phenols is 1. The van der Waals surface area contributed by atoms with E-state index in [2.05, 4.69) is 6.92 Å². The average molecular weight is 132 g/mol. The number of phenolic OH excluding ortho intramolecular Hbond substituents is 1. The van der Waals surface area contributed by atoms with Gasteiger partial charge in [0.15, 0.2) is 0 Å². The van der Waals surface area contributed by atoms with E-state index in [0.717, 1.165) is 0 Å². The van der Waals surface area contributed by atoms with E-state index in [1.807, 2.05) is 6.07 Å². The Bertz CT molecular complexity index is 286. The van der Waals surface area contributed by atoms with Gasteiger partial charge in [-0.05, 0) is 24.6 Å². The molecule has 0 aliphatic heterocycles. The fourth-order valence-electron chi connectivity index (χ4n) is 0.633. The van der Waals surface area contributed by atoms with Crippen LogP contribution in [0.2, 0.25) is 0 Å². The van der Waals surface area contributed by atoms with Crippen LogP contribution in [-0.4, -0.2) is 5.11 Å². The molecule has 0 aliphatic rings. The number of nitriles is 1. The number of aromatic hydroxyl groups is 1. The highest BCUT2D eigenvalue weighted by Crippen LogP contribution is 2.16. The Morgan fingerprint density at radius 2 is 2.20 bits per heavy atom. The Kier molecular flexibility index (Phi) is 1.59. The summed E-state index contributed by atoms with van der Waals surface area (Å²) in [5, 5.41) is 17.4. The quantitative estimate of drug-likeness (QED) is 0.580. The van der Waals surface area contributed by atoms with E-state index in [0.29, 0.717) is 11.1 Å². The molecular formula is C8H6NO. The topological polar surface area (TPSA) is 44.0 Å². The molecule has 49 valence electrons. The number of hydrogen-bond acceptors (Lipinski definition) is 2. The van der Waals surface area contributed by atoms with E-state index in [-0.39, 0.29) is 5.75 Å². The molecule has 0 bridgehead atoms. The van der Waals surface area contributed by atoms with Crippen molar-refractivity contribution in [2.75, 3.05) is 0 Å². The third-order valence-electron chi connectivity index (χ3n) is 1.21. The lowest BCUT2D eigenvalue weighted by atomic mass is 10.1. The van der Waals surface area contributed by atoms with Crippen molar-refractivity contribution in [3.8, 4) is 11.8 Å². The molecule has 0 atom stereocenters. The first kappa shape index (κ1) is 6.63. The smallest absolute Gasteiger partial charge is 0.120 e. The second kappa shape index (κ2) is 2.40. The van der Waals surface area contributed by atoms with Crippen molar-refractivity contribution in [3.05, 3.63) is 36.2 Å². The van der Waals surface area contributed by atoms with Crippen LogP contribution in [0.4, 0.5) is 0 Å². The van der Waals surface area contributed by atoms with Gasteiger partial charge in [0.1, 0.15) is 5.75 Å². The summed E-state index contributed by atoms with van der Waals surface area (Å²) in [7, 11) is 0. The lowest BCUT2D eigenvalue weighted by Gasteiger charge is -1.95. The zero-order valence-electron chi connectivity index (χ0n) is 5.33. The number of nitrogens with zero attached hydrogens (tertiary/aromatic N) is 1. The second-order valence-corrected chi connectivity index (χ2v) is 1.96. The lowest BCUT2D eigenvalue weighted by Crippen LogP contribution is -1.76. The Hall–Kier alpha value is -1.49. The Balaban J connectivity index is 3.20. The third kappa shape index (κ3) is 1.08. The van der Waals surface area contributed by atoms with Crippen LogP contribution in [0.25, 0.3) is 0 Å². The van der Waals surface area contributed by atoms with E-state index in [9.17, 15) is 0 Å². The summed E-state index contributed by atoms with van der Waals surface area (Å²) in [6.45, 7) is 3.54. The van der Waals surface area contributed by atoms with Gasteiger partial charge in [0.2, 0.25) is 0 Å². The Labute approximate surface area is 59.3 Å². The summed E-state index contributed by atoms with van der Waals surface area (Å²) in [5.74, 6) is 0.0686. The van der Waals surface area contributed by atoms with Crippen molar-refractivity contribution in [2.24, 2.45) is 0 Å². The molecule has 10 heavy (non-hydrogen) atoms. The van der Waals surface area contributed by atoms with Gasteiger partial charge in [0, 0.05) is 0 Å². The molecule has 0 saturated heterocycles. The number of rotatable bonds is 0. The van der Waals surface area contributed by atoms with Crippen LogP contribution in [0.5, 0.6) is 5.75 Å². The second-order valence-electron chi connectivity index (χ2n) is 1.96. The van der Waals surface area contributed by atoms with Crippen molar-refractivity contribution < 1.29 is 5.11 Å². The maximum Gasteiger partial charge on any atom is 0.120 e. The number of hydrogen-bond donors (Lipinski definition) is 1. The minimum absolute atomic E-state index is 0.0686. The summed E-state index contributed by atoms with van der Waals surface area (Å²) in [5.41, 5.74) is 0.990. The highest BCUT2D eigenvalue weighted by molar-refractivity contribution is 5.42. The van der Waals surface area contributed by atoms with Crippen molar-refractivity contribution >= 4 is 0 Å². The van der Waals surface area contributed by atoms with Crippen molar-refractivity contribution in [3.63, 3.8) is 0 Å². The van der Waals surface area contributed by atoms with Crippen LogP contribution >= 0.6 is 0 Å². The molecule has 1 rings (SSSR count). The van der Waals surface area contributed by atoms with Gasteiger partial charge in [0.25, 0.3) is 0 Å². The fourth-order valence-corrected chi connectivity index (χ4v) is 0.633. The highest BCUT2D eigenvalue weighted by atomic mass is 16.3. The van der Waals surface area contributed by atoms with Crippen LogP contribution < -0.4 is 0 Å². The maximum atomic E-state index is 9.02. The molecule has 1 N–H and O–H groups in total. The van der Waals surface area contributed by atoms with Gasteiger partial charge in [-0.25, -0.2) is 0 Å². The first-order valence-electron chi connectivity index (χ1n) is 2.79. The van der Waals surface area contributed by atoms with E-state index >= 15 is 0 Å². The van der Waals surface area contributed by atoms with Gasteiger partial charge >= 0.3 is 0 Å². The molecule has 0 aromatic heterocycles. The molecule has 1 aromatic carbocycles. The lowest BCUT2D eigenvalue weighted by molar-refractivity contribution is 0.473. The molecule has 1 radical (unpaired) electrons. The summed E-state index contributed by atoms with van der Waals surface area (Å²) < 4.78 is 0. The van der Waals surface area contributed by atoms with E-state index in [1.165, 1.54) is 6.07 Å². The molecule has 0 amide bonds. The van der Waals surface area contributed by atoms with Gasteiger partial charge in [-0.1, -0.05) is 6.07 Å². The highest BCUT2D eigenvalue weighted by Gasteiger charge is 1.95. The predicted octanol–water partition coefficient (Wildman–Crippen LogP) is 1.45. The molecule has 0 spiro atoms. The summed E-state index contributed by atoms with van der Waals surface area (Å²) in [6, 6.07) is 6.52. The standard InChI is InChI=1S/C8H6NO/c1-6-2-3-7(5-9)4-8(6)10/h2-4,10H,1H2.